The summed E-state index contributed by atoms with van der Waals surface area (Å²) in [7, 11) is 0. The molecule has 0 fully saturated rings. The van der Waals surface area contributed by atoms with Gasteiger partial charge in [0.05, 0.1) is 17.4 Å². The molecule has 5 rings (SSSR count). The zero-order valence-corrected chi connectivity index (χ0v) is 16.4. The van der Waals surface area contributed by atoms with Crippen LogP contribution < -0.4 is 10.2 Å². The van der Waals surface area contributed by atoms with Crippen LogP contribution in [-0.4, -0.2) is 5.78 Å². The number of hydrogen-bond acceptors (Lipinski definition) is 4. The molecule has 1 atom stereocenters. The van der Waals surface area contributed by atoms with E-state index in [1.54, 1.807) is 11.3 Å². The van der Waals surface area contributed by atoms with E-state index in [4.69, 9.17) is 0 Å². The Balaban J connectivity index is 1.72. The molecule has 28 heavy (non-hydrogen) atoms. The maximum Gasteiger partial charge on any atom is 0.163 e. The van der Waals surface area contributed by atoms with Crippen molar-refractivity contribution >= 4 is 28.5 Å². The average molecular weight is 387 g/mol. The molecule has 0 saturated carbocycles. The molecule has 0 spiro atoms. The highest BCUT2D eigenvalue weighted by molar-refractivity contribution is 7.10. The van der Waals surface area contributed by atoms with Crippen LogP contribution >= 0.6 is 11.3 Å². The van der Waals surface area contributed by atoms with Crippen molar-refractivity contribution in [2.45, 2.75) is 31.8 Å². The molecular formula is C24H22N2OS. The van der Waals surface area contributed by atoms with Gasteiger partial charge in [0.1, 0.15) is 0 Å². The van der Waals surface area contributed by atoms with Crippen LogP contribution in [-0.2, 0) is 11.3 Å². The lowest BCUT2D eigenvalue weighted by molar-refractivity contribution is -0.116. The second-order valence-electron chi connectivity index (χ2n) is 7.34. The average Bonchev–Trinajstić information content (AvgIpc) is 3.21. The predicted octanol–water partition coefficient (Wildman–Crippen LogP) is 5.93. The van der Waals surface area contributed by atoms with Gasteiger partial charge in [-0.2, -0.15) is 0 Å². The van der Waals surface area contributed by atoms with Crippen LogP contribution in [0.1, 0.15) is 35.7 Å². The molecule has 1 N–H and O–H groups in total. The Labute approximate surface area is 169 Å². The van der Waals surface area contributed by atoms with Gasteiger partial charge >= 0.3 is 0 Å². The fourth-order valence-electron chi connectivity index (χ4n) is 4.30. The summed E-state index contributed by atoms with van der Waals surface area (Å²) in [6, 6.07) is 23.1. The van der Waals surface area contributed by atoms with Crippen molar-refractivity contribution in [1.29, 1.82) is 0 Å². The van der Waals surface area contributed by atoms with Crippen LogP contribution in [0.5, 0.6) is 0 Å². The maximum atomic E-state index is 13.1. The second-order valence-corrected chi connectivity index (χ2v) is 8.32. The molecule has 1 aliphatic heterocycles. The molecule has 2 heterocycles. The van der Waals surface area contributed by atoms with E-state index >= 15 is 0 Å². The van der Waals surface area contributed by atoms with Crippen LogP contribution in [0.4, 0.5) is 11.4 Å². The van der Waals surface area contributed by atoms with E-state index in [1.165, 1.54) is 10.4 Å². The quantitative estimate of drug-likeness (QED) is 0.606. The Morgan fingerprint density at radius 1 is 0.964 bits per heavy atom. The van der Waals surface area contributed by atoms with Gasteiger partial charge in [-0.1, -0.05) is 48.5 Å². The molecule has 1 unspecified atom stereocenters. The summed E-state index contributed by atoms with van der Waals surface area (Å²) in [4.78, 5) is 16.7. The Kier molecular flexibility index (Phi) is 4.49. The third-order valence-corrected chi connectivity index (χ3v) is 6.47. The zero-order valence-electron chi connectivity index (χ0n) is 15.6. The van der Waals surface area contributed by atoms with Crippen molar-refractivity contribution in [1.82, 2.24) is 0 Å². The molecule has 2 aromatic carbocycles. The number of hydrogen-bond donors (Lipinski definition) is 1. The highest BCUT2D eigenvalue weighted by Gasteiger charge is 2.37. The van der Waals surface area contributed by atoms with E-state index in [0.717, 1.165) is 42.0 Å². The minimum atomic E-state index is -0.0563. The van der Waals surface area contributed by atoms with E-state index in [1.807, 2.05) is 6.07 Å². The highest BCUT2D eigenvalue weighted by atomic mass is 32.1. The normalized spacial score (nSPS) is 18.9. The third kappa shape index (κ3) is 3.04. The number of anilines is 2. The van der Waals surface area contributed by atoms with Gasteiger partial charge in [-0.25, -0.2) is 0 Å². The summed E-state index contributed by atoms with van der Waals surface area (Å²) in [6.07, 6.45) is 2.48. The smallest absolute Gasteiger partial charge is 0.163 e. The van der Waals surface area contributed by atoms with Crippen molar-refractivity contribution in [3.05, 3.63) is 93.8 Å². The first-order chi connectivity index (χ1) is 13.8. The van der Waals surface area contributed by atoms with E-state index in [0.29, 0.717) is 6.42 Å². The summed E-state index contributed by atoms with van der Waals surface area (Å²) < 4.78 is 0. The molecule has 0 saturated heterocycles. The number of ketones is 1. The number of allylic oxidation sites excluding steroid dienone is 1. The van der Waals surface area contributed by atoms with Crippen LogP contribution in [0.3, 0.4) is 0 Å². The molecule has 3 aromatic rings. The van der Waals surface area contributed by atoms with Crippen molar-refractivity contribution < 1.29 is 4.79 Å². The lowest BCUT2D eigenvalue weighted by atomic mass is 9.88. The maximum absolute atomic E-state index is 13.1. The molecule has 3 nitrogen and oxygen atoms in total. The molecule has 0 radical (unpaired) electrons. The van der Waals surface area contributed by atoms with Crippen molar-refractivity contribution in [2.75, 3.05) is 10.2 Å². The summed E-state index contributed by atoms with van der Waals surface area (Å²) in [6.45, 7) is 0.756. The third-order valence-electron chi connectivity index (χ3n) is 5.55. The van der Waals surface area contributed by atoms with Gasteiger partial charge in [0.2, 0.25) is 0 Å². The summed E-state index contributed by atoms with van der Waals surface area (Å²) in [5.41, 5.74) is 5.51. The lowest BCUT2D eigenvalue weighted by Gasteiger charge is -2.34. The standard InChI is InChI=1S/C24H22N2OS/c27-21-13-6-11-19-23(21)24(22-14-7-15-28-22)26(16-17-8-2-1-3-9-17)20-12-5-4-10-18(20)25-19/h1-5,7-10,12,14-15,24-25H,6,11,13,16H2. The molecule has 2 aliphatic rings. The van der Waals surface area contributed by atoms with Crippen LogP contribution in [0.15, 0.2) is 83.4 Å². The number of benzene rings is 2. The highest BCUT2D eigenvalue weighted by Crippen LogP contribution is 2.46. The van der Waals surface area contributed by atoms with Crippen LogP contribution in [0, 0.1) is 0 Å². The molecule has 0 amide bonds. The predicted molar refractivity (Wildman–Crippen MR) is 116 cm³/mol. The van der Waals surface area contributed by atoms with Gasteiger partial charge in [-0.15, -0.1) is 11.3 Å². The number of para-hydroxylation sites is 2. The first-order valence-corrected chi connectivity index (χ1v) is 10.7. The van der Waals surface area contributed by atoms with Crippen molar-refractivity contribution in [3.63, 3.8) is 0 Å². The number of nitrogens with zero attached hydrogens (tertiary/aromatic N) is 1. The summed E-state index contributed by atoms with van der Waals surface area (Å²) in [5, 5.41) is 5.73. The Bertz CT molecular complexity index is 1020. The largest absolute Gasteiger partial charge is 0.357 e. The van der Waals surface area contributed by atoms with Crippen molar-refractivity contribution in [3.8, 4) is 0 Å². The molecular weight excluding hydrogens is 364 g/mol. The Hall–Kier alpha value is -2.85. The van der Waals surface area contributed by atoms with Crippen molar-refractivity contribution in [2.24, 2.45) is 0 Å². The molecule has 0 bridgehead atoms. The number of carbonyl (C=O) groups excluding carboxylic acids is 1. The molecule has 140 valence electrons. The number of fused-ring (bicyclic) bond motifs is 1. The van der Waals surface area contributed by atoms with Crippen LogP contribution in [0.25, 0.3) is 0 Å². The van der Waals surface area contributed by atoms with Gasteiger partial charge in [0, 0.05) is 29.1 Å². The number of Topliss-reactive ketones (excluding diaryl/α,β-unsaturated/α-hetero) is 1. The van der Waals surface area contributed by atoms with E-state index in [2.05, 4.69) is 76.3 Å². The number of carbonyl (C=O) groups is 1. The topological polar surface area (TPSA) is 32.3 Å². The zero-order chi connectivity index (χ0) is 18.9. The number of rotatable bonds is 3. The van der Waals surface area contributed by atoms with Gasteiger partial charge in [-0.3, -0.25) is 4.79 Å². The van der Waals surface area contributed by atoms with Crippen LogP contribution in [0.2, 0.25) is 0 Å². The van der Waals surface area contributed by atoms with E-state index in [9.17, 15) is 4.79 Å². The first kappa shape index (κ1) is 17.3. The van der Waals surface area contributed by atoms with Gasteiger partial charge in [0.15, 0.2) is 5.78 Å². The first-order valence-electron chi connectivity index (χ1n) is 9.77. The SMILES string of the molecule is O=C1CCCC2=C1C(c1cccs1)N(Cc1ccccc1)c1ccccc1N2. The minimum absolute atomic E-state index is 0.0563. The minimum Gasteiger partial charge on any atom is -0.357 e. The monoisotopic (exact) mass is 386 g/mol. The van der Waals surface area contributed by atoms with Gasteiger partial charge in [0.25, 0.3) is 0 Å². The summed E-state index contributed by atoms with van der Waals surface area (Å²) >= 11 is 1.73. The molecule has 1 aliphatic carbocycles. The Morgan fingerprint density at radius 2 is 1.79 bits per heavy atom. The van der Waals surface area contributed by atoms with E-state index < -0.39 is 0 Å². The molecule has 4 heteroatoms. The second kappa shape index (κ2) is 7.28. The lowest BCUT2D eigenvalue weighted by Crippen LogP contribution is -2.32. The summed E-state index contributed by atoms with van der Waals surface area (Å²) in [5.74, 6) is 0.276. The number of nitrogens with one attached hydrogen (secondary N) is 1. The molecule has 1 aromatic heterocycles. The fraction of sp³-hybridized carbons (Fsp3) is 0.208. The Morgan fingerprint density at radius 3 is 2.61 bits per heavy atom. The fourth-order valence-corrected chi connectivity index (χ4v) is 5.14. The number of thiophene rings is 1. The van der Waals surface area contributed by atoms with Gasteiger partial charge in [-0.05, 0) is 42.0 Å². The van der Waals surface area contributed by atoms with E-state index in [-0.39, 0.29) is 11.8 Å². The van der Waals surface area contributed by atoms with Gasteiger partial charge < -0.3 is 10.2 Å².